The number of hydrogen-bond acceptors (Lipinski definition) is 4. The van der Waals surface area contributed by atoms with Crippen LogP contribution < -0.4 is 16.6 Å². The SMILES string of the molecule is CCCCNN(CCN)NCCCC. The first-order chi connectivity index (χ1) is 6.85. The third-order valence-corrected chi connectivity index (χ3v) is 2.02. The van der Waals surface area contributed by atoms with Gasteiger partial charge in [-0.2, -0.15) is 5.12 Å². The van der Waals surface area contributed by atoms with Crippen molar-refractivity contribution >= 4 is 0 Å². The molecule has 0 heterocycles. The second-order valence-corrected chi connectivity index (χ2v) is 3.46. The van der Waals surface area contributed by atoms with Gasteiger partial charge in [0, 0.05) is 26.2 Å². The summed E-state index contributed by atoms with van der Waals surface area (Å²) in [6.07, 6.45) is 4.85. The van der Waals surface area contributed by atoms with Gasteiger partial charge in [0.15, 0.2) is 0 Å². The van der Waals surface area contributed by atoms with Crippen LogP contribution in [0.4, 0.5) is 0 Å². The summed E-state index contributed by atoms with van der Waals surface area (Å²) in [7, 11) is 0. The minimum atomic E-state index is 0.679. The first-order valence-corrected chi connectivity index (χ1v) is 5.79. The molecule has 0 atom stereocenters. The molecule has 14 heavy (non-hydrogen) atoms. The van der Waals surface area contributed by atoms with Gasteiger partial charge in [-0.3, -0.25) is 0 Å². The van der Waals surface area contributed by atoms with E-state index in [0.717, 1.165) is 19.6 Å². The molecule has 86 valence electrons. The number of unbranched alkanes of at least 4 members (excludes halogenated alkanes) is 2. The van der Waals surface area contributed by atoms with Gasteiger partial charge < -0.3 is 5.73 Å². The Hall–Kier alpha value is -0.160. The lowest BCUT2D eigenvalue weighted by molar-refractivity contribution is 0.117. The Balaban J connectivity index is 3.44. The maximum Gasteiger partial charge on any atom is 0.0411 e. The highest BCUT2D eigenvalue weighted by molar-refractivity contribution is 4.49. The summed E-state index contributed by atoms with van der Waals surface area (Å²) >= 11 is 0. The van der Waals surface area contributed by atoms with E-state index in [1.807, 2.05) is 5.12 Å². The summed E-state index contributed by atoms with van der Waals surface area (Å²) in [5.74, 6) is 0. The Morgan fingerprint density at radius 1 is 1.00 bits per heavy atom. The fraction of sp³-hybridized carbons (Fsp3) is 1.00. The number of nitrogens with one attached hydrogen (secondary N) is 2. The van der Waals surface area contributed by atoms with Gasteiger partial charge in [0.1, 0.15) is 0 Å². The zero-order chi connectivity index (χ0) is 10.6. The van der Waals surface area contributed by atoms with Crippen LogP contribution in [0.25, 0.3) is 0 Å². The van der Waals surface area contributed by atoms with E-state index < -0.39 is 0 Å². The molecule has 0 aliphatic heterocycles. The van der Waals surface area contributed by atoms with Crippen LogP contribution in [0.3, 0.4) is 0 Å². The Kier molecular flexibility index (Phi) is 10.8. The predicted octanol–water partition coefficient (Wildman–Crippen LogP) is 0.857. The lowest BCUT2D eigenvalue weighted by atomic mass is 10.3. The van der Waals surface area contributed by atoms with Crippen LogP contribution >= 0.6 is 0 Å². The van der Waals surface area contributed by atoms with Crippen molar-refractivity contribution in [2.45, 2.75) is 39.5 Å². The largest absolute Gasteiger partial charge is 0.329 e. The molecule has 0 rings (SSSR count). The molecule has 4 heteroatoms. The minimum absolute atomic E-state index is 0.679. The third-order valence-electron chi connectivity index (χ3n) is 2.02. The van der Waals surface area contributed by atoms with Gasteiger partial charge in [0.05, 0.1) is 0 Å². The first-order valence-electron chi connectivity index (χ1n) is 5.79. The molecule has 0 aromatic rings. The molecule has 0 aliphatic carbocycles. The average Bonchev–Trinajstić information content (AvgIpc) is 2.18. The van der Waals surface area contributed by atoms with Gasteiger partial charge in [-0.1, -0.05) is 26.7 Å². The van der Waals surface area contributed by atoms with E-state index in [9.17, 15) is 0 Å². The van der Waals surface area contributed by atoms with E-state index in [1.54, 1.807) is 0 Å². The van der Waals surface area contributed by atoms with Gasteiger partial charge in [-0.25, -0.2) is 10.9 Å². The number of nitrogens with two attached hydrogens (primary N) is 1. The lowest BCUT2D eigenvalue weighted by Crippen LogP contribution is -2.50. The topological polar surface area (TPSA) is 53.3 Å². The Bertz CT molecular complexity index is 98.3. The van der Waals surface area contributed by atoms with Gasteiger partial charge in [-0.15, -0.1) is 0 Å². The van der Waals surface area contributed by atoms with Crippen molar-refractivity contribution in [3.8, 4) is 0 Å². The van der Waals surface area contributed by atoms with Crippen molar-refractivity contribution in [3.63, 3.8) is 0 Å². The Labute approximate surface area is 88.2 Å². The predicted molar refractivity (Wildman–Crippen MR) is 61.6 cm³/mol. The summed E-state index contributed by atoms with van der Waals surface area (Å²) in [5.41, 5.74) is 12.2. The van der Waals surface area contributed by atoms with Gasteiger partial charge in [0.25, 0.3) is 0 Å². The number of hydrazine groups is 2. The van der Waals surface area contributed by atoms with E-state index in [1.165, 1.54) is 25.7 Å². The molecule has 0 bridgehead atoms. The van der Waals surface area contributed by atoms with Gasteiger partial charge in [-0.05, 0) is 12.8 Å². The summed E-state index contributed by atoms with van der Waals surface area (Å²) in [6.45, 7) is 7.97. The normalized spacial score (nSPS) is 11.1. The molecule has 0 radical (unpaired) electrons. The summed E-state index contributed by atoms with van der Waals surface area (Å²) < 4.78 is 0. The fourth-order valence-electron chi connectivity index (χ4n) is 1.12. The summed E-state index contributed by atoms with van der Waals surface area (Å²) in [5, 5.41) is 2.02. The summed E-state index contributed by atoms with van der Waals surface area (Å²) in [4.78, 5) is 0. The quantitative estimate of drug-likeness (QED) is 0.363. The molecule has 0 aliphatic rings. The van der Waals surface area contributed by atoms with E-state index in [0.29, 0.717) is 6.54 Å². The van der Waals surface area contributed by atoms with Crippen LogP contribution in [-0.4, -0.2) is 31.3 Å². The molecule has 0 spiro atoms. The van der Waals surface area contributed by atoms with Gasteiger partial charge >= 0.3 is 0 Å². The minimum Gasteiger partial charge on any atom is -0.329 e. The van der Waals surface area contributed by atoms with Crippen LogP contribution in [0.15, 0.2) is 0 Å². The number of nitrogens with zero attached hydrogens (tertiary/aromatic N) is 1. The van der Waals surface area contributed by atoms with Crippen molar-refractivity contribution in [1.82, 2.24) is 16.0 Å². The molecular formula is C10H26N4. The molecule has 0 aromatic carbocycles. The van der Waals surface area contributed by atoms with Gasteiger partial charge in [0.2, 0.25) is 0 Å². The van der Waals surface area contributed by atoms with Crippen molar-refractivity contribution in [1.29, 1.82) is 0 Å². The summed E-state index contributed by atoms with van der Waals surface area (Å²) in [6, 6.07) is 0. The van der Waals surface area contributed by atoms with Crippen molar-refractivity contribution < 1.29 is 0 Å². The van der Waals surface area contributed by atoms with E-state index >= 15 is 0 Å². The molecule has 0 fully saturated rings. The Morgan fingerprint density at radius 2 is 1.50 bits per heavy atom. The third kappa shape index (κ3) is 8.44. The molecular weight excluding hydrogens is 176 g/mol. The van der Waals surface area contributed by atoms with Crippen LogP contribution in [0, 0.1) is 0 Å². The maximum absolute atomic E-state index is 5.52. The molecule has 4 N–H and O–H groups in total. The fourth-order valence-corrected chi connectivity index (χ4v) is 1.12. The number of rotatable bonds is 10. The molecule has 0 amide bonds. The van der Waals surface area contributed by atoms with Crippen LogP contribution in [-0.2, 0) is 0 Å². The highest BCUT2D eigenvalue weighted by atomic mass is 15.7. The second-order valence-electron chi connectivity index (χ2n) is 3.46. The molecule has 0 aromatic heterocycles. The van der Waals surface area contributed by atoms with Crippen molar-refractivity contribution in [2.24, 2.45) is 5.73 Å². The van der Waals surface area contributed by atoms with Crippen LogP contribution in [0.2, 0.25) is 0 Å². The molecule has 0 saturated heterocycles. The highest BCUT2D eigenvalue weighted by Crippen LogP contribution is 1.86. The smallest absolute Gasteiger partial charge is 0.0411 e. The first kappa shape index (κ1) is 13.8. The zero-order valence-electron chi connectivity index (χ0n) is 9.68. The van der Waals surface area contributed by atoms with E-state index in [2.05, 4.69) is 24.7 Å². The van der Waals surface area contributed by atoms with E-state index in [4.69, 9.17) is 5.73 Å². The number of hydrogen-bond donors (Lipinski definition) is 3. The average molecular weight is 202 g/mol. The highest BCUT2D eigenvalue weighted by Gasteiger charge is 2.00. The molecule has 0 unspecified atom stereocenters. The van der Waals surface area contributed by atoms with Crippen LogP contribution in [0.1, 0.15) is 39.5 Å². The Morgan fingerprint density at radius 3 is 1.86 bits per heavy atom. The van der Waals surface area contributed by atoms with E-state index in [-0.39, 0.29) is 0 Å². The monoisotopic (exact) mass is 202 g/mol. The van der Waals surface area contributed by atoms with Crippen molar-refractivity contribution in [3.05, 3.63) is 0 Å². The zero-order valence-corrected chi connectivity index (χ0v) is 9.68. The van der Waals surface area contributed by atoms with Crippen LogP contribution in [0.5, 0.6) is 0 Å². The standard InChI is InChI=1S/C10H26N4/c1-3-5-8-12-14(10-7-11)13-9-6-4-2/h12-13H,3-11H2,1-2H3. The lowest BCUT2D eigenvalue weighted by Gasteiger charge is -2.23. The maximum atomic E-state index is 5.52. The molecule has 0 saturated carbocycles. The second kappa shape index (κ2) is 10.9. The van der Waals surface area contributed by atoms with Crippen molar-refractivity contribution in [2.75, 3.05) is 26.2 Å². The molecule has 4 nitrogen and oxygen atoms in total.